The average molecular weight is 303 g/mol. The molecule has 2 aromatic carbocycles. The summed E-state index contributed by atoms with van der Waals surface area (Å²) in [4.78, 5) is 22.5. The number of methoxy groups -OCH3 is 1. The van der Waals surface area contributed by atoms with Gasteiger partial charge in [0.25, 0.3) is 5.91 Å². The smallest absolute Gasteiger partial charge is 0.262 e. The monoisotopic (exact) mass is 303 g/mol. The quantitative estimate of drug-likeness (QED) is 0.833. The lowest BCUT2D eigenvalue weighted by atomic mass is 10.2. The Kier molecular flexibility index (Phi) is 5.08. The zero-order valence-electron chi connectivity index (χ0n) is 11.8. The number of aldehydes is 1. The first-order valence-corrected chi connectivity index (χ1v) is 6.44. The molecule has 5 nitrogen and oxygen atoms in total. The van der Waals surface area contributed by atoms with Gasteiger partial charge in [0, 0.05) is 11.3 Å². The van der Waals surface area contributed by atoms with Crippen LogP contribution in [0.4, 0.5) is 10.1 Å². The van der Waals surface area contributed by atoms with E-state index >= 15 is 0 Å². The van der Waals surface area contributed by atoms with Crippen LogP contribution in [0.3, 0.4) is 0 Å². The molecule has 2 rings (SSSR count). The van der Waals surface area contributed by atoms with E-state index in [4.69, 9.17) is 9.47 Å². The zero-order chi connectivity index (χ0) is 15.9. The number of rotatable bonds is 6. The highest BCUT2D eigenvalue weighted by atomic mass is 19.1. The molecule has 0 saturated heterocycles. The maximum absolute atomic E-state index is 13.0. The summed E-state index contributed by atoms with van der Waals surface area (Å²) in [6.45, 7) is -0.296. The normalized spacial score (nSPS) is 9.91. The molecular formula is C16H14FNO4. The van der Waals surface area contributed by atoms with Gasteiger partial charge in [-0.15, -0.1) is 0 Å². The van der Waals surface area contributed by atoms with Crippen molar-refractivity contribution in [3.8, 4) is 11.5 Å². The van der Waals surface area contributed by atoms with Crippen LogP contribution in [0.15, 0.2) is 42.5 Å². The Morgan fingerprint density at radius 1 is 1.23 bits per heavy atom. The minimum Gasteiger partial charge on any atom is -0.493 e. The predicted octanol–water partition coefficient (Wildman–Crippen LogP) is 2.66. The molecule has 0 spiro atoms. The number of ether oxygens (including phenoxy) is 2. The summed E-state index contributed by atoms with van der Waals surface area (Å²) in [5, 5.41) is 2.50. The molecule has 0 saturated carbocycles. The van der Waals surface area contributed by atoms with Crippen LogP contribution in [0, 0.1) is 5.82 Å². The van der Waals surface area contributed by atoms with Crippen LogP contribution in [-0.4, -0.2) is 25.9 Å². The van der Waals surface area contributed by atoms with Crippen molar-refractivity contribution in [2.45, 2.75) is 0 Å². The van der Waals surface area contributed by atoms with Crippen molar-refractivity contribution in [1.82, 2.24) is 0 Å². The highest BCUT2D eigenvalue weighted by Gasteiger charge is 2.09. The van der Waals surface area contributed by atoms with Gasteiger partial charge < -0.3 is 14.8 Å². The van der Waals surface area contributed by atoms with Gasteiger partial charge in [-0.1, -0.05) is 6.07 Å². The number of hydrogen-bond donors (Lipinski definition) is 1. The lowest BCUT2D eigenvalue weighted by Gasteiger charge is -2.11. The van der Waals surface area contributed by atoms with Gasteiger partial charge in [0.2, 0.25) is 0 Å². The summed E-state index contributed by atoms with van der Waals surface area (Å²) < 4.78 is 23.5. The number of amides is 1. The molecule has 0 radical (unpaired) electrons. The molecule has 0 heterocycles. The maximum Gasteiger partial charge on any atom is 0.262 e. The van der Waals surface area contributed by atoms with E-state index in [1.54, 1.807) is 18.2 Å². The van der Waals surface area contributed by atoms with E-state index in [1.807, 2.05) is 0 Å². The van der Waals surface area contributed by atoms with Crippen LogP contribution < -0.4 is 14.8 Å². The summed E-state index contributed by atoms with van der Waals surface area (Å²) in [5.41, 5.74) is 0.739. The van der Waals surface area contributed by atoms with Gasteiger partial charge in [0.05, 0.1) is 7.11 Å². The van der Waals surface area contributed by atoms with Crippen LogP contribution in [-0.2, 0) is 4.79 Å². The third-order valence-corrected chi connectivity index (χ3v) is 2.79. The van der Waals surface area contributed by atoms with Crippen molar-refractivity contribution in [2.24, 2.45) is 0 Å². The molecule has 0 atom stereocenters. The number of carbonyl (C=O) groups is 2. The van der Waals surface area contributed by atoms with Crippen molar-refractivity contribution in [2.75, 3.05) is 19.0 Å². The Balaban J connectivity index is 2.00. The van der Waals surface area contributed by atoms with Gasteiger partial charge in [0.1, 0.15) is 12.1 Å². The van der Waals surface area contributed by atoms with Crippen molar-refractivity contribution < 1.29 is 23.5 Å². The highest BCUT2D eigenvalue weighted by molar-refractivity contribution is 5.91. The molecule has 114 valence electrons. The van der Waals surface area contributed by atoms with Gasteiger partial charge >= 0.3 is 0 Å². The topological polar surface area (TPSA) is 64.6 Å². The van der Waals surface area contributed by atoms with E-state index in [1.165, 1.54) is 31.4 Å². The molecule has 1 amide bonds. The summed E-state index contributed by atoms with van der Waals surface area (Å²) in [5.74, 6) is -0.214. The van der Waals surface area contributed by atoms with Crippen LogP contribution >= 0.6 is 0 Å². The molecule has 0 fully saturated rings. The van der Waals surface area contributed by atoms with Crippen LogP contribution in [0.2, 0.25) is 0 Å². The number of benzene rings is 2. The molecule has 0 bridgehead atoms. The van der Waals surface area contributed by atoms with Gasteiger partial charge in [-0.05, 0) is 36.4 Å². The minimum atomic E-state index is -0.454. The summed E-state index contributed by atoms with van der Waals surface area (Å²) in [6.07, 6.45) is 0.666. The van der Waals surface area contributed by atoms with E-state index < -0.39 is 11.7 Å². The fourth-order valence-corrected chi connectivity index (χ4v) is 1.79. The van der Waals surface area contributed by atoms with Crippen LogP contribution in [0.5, 0.6) is 11.5 Å². The molecule has 0 aliphatic carbocycles. The van der Waals surface area contributed by atoms with Crippen molar-refractivity contribution in [1.29, 1.82) is 0 Å². The third-order valence-electron chi connectivity index (χ3n) is 2.79. The van der Waals surface area contributed by atoms with Crippen molar-refractivity contribution in [3.05, 3.63) is 53.8 Å². The first kappa shape index (κ1) is 15.5. The van der Waals surface area contributed by atoms with E-state index in [0.29, 0.717) is 23.3 Å². The fourth-order valence-electron chi connectivity index (χ4n) is 1.79. The molecule has 0 unspecified atom stereocenters. The number of hydrogen-bond acceptors (Lipinski definition) is 4. The Bertz CT molecular complexity index is 688. The molecule has 1 N–H and O–H groups in total. The largest absolute Gasteiger partial charge is 0.493 e. The molecule has 22 heavy (non-hydrogen) atoms. The molecule has 0 aromatic heterocycles. The SMILES string of the molecule is COc1ccc(C=O)cc1OCC(=O)Nc1cccc(F)c1. The first-order chi connectivity index (χ1) is 10.6. The Morgan fingerprint density at radius 3 is 2.73 bits per heavy atom. The molecule has 0 aliphatic rings. The van der Waals surface area contributed by atoms with Gasteiger partial charge in [-0.3, -0.25) is 9.59 Å². The molecular weight excluding hydrogens is 289 g/mol. The maximum atomic E-state index is 13.0. The standard InChI is InChI=1S/C16H14FNO4/c1-21-14-6-5-11(9-19)7-15(14)22-10-16(20)18-13-4-2-3-12(17)8-13/h2-9H,10H2,1H3,(H,18,20). The lowest BCUT2D eigenvalue weighted by molar-refractivity contribution is -0.118. The van der Waals surface area contributed by atoms with E-state index in [2.05, 4.69) is 5.32 Å². The third kappa shape index (κ3) is 4.05. The average Bonchev–Trinajstić information content (AvgIpc) is 2.52. The molecule has 0 aliphatic heterocycles. The highest BCUT2D eigenvalue weighted by Crippen LogP contribution is 2.27. The molecule has 2 aromatic rings. The summed E-state index contributed by atoms with van der Waals surface area (Å²) in [6, 6.07) is 10.2. The number of anilines is 1. The second-order valence-corrected chi connectivity index (χ2v) is 4.38. The Morgan fingerprint density at radius 2 is 2.05 bits per heavy atom. The van der Waals surface area contributed by atoms with Crippen LogP contribution in [0.1, 0.15) is 10.4 Å². The van der Waals surface area contributed by atoms with Crippen molar-refractivity contribution in [3.63, 3.8) is 0 Å². The lowest BCUT2D eigenvalue weighted by Crippen LogP contribution is -2.20. The van der Waals surface area contributed by atoms with E-state index in [9.17, 15) is 14.0 Å². The van der Waals surface area contributed by atoms with Gasteiger partial charge in [0.15, 0.2) is 18.1 Å². The predicted molar refractivity (Wildman–Crippen MR) is 78.9 cm³/mol. The summed E-state index contributed by atoms with van der Waals surface area (Å²) in [7, 11) is 1.45. The van der Waals surface area contributed by atoms with Crippen molar-refractivity contribution >= 4 is 17.9 Å². The number of halogens is 1. The zero-order valence-corrected chi connectivity index (χ0v) is 11.8. The fraction of sp³-hybridized carbons (Fsp3) is 0.125. The summed E-state index contributed by atoms with van der Waals surface area (Å²) >= 11 is 0. The number of carbonyl (C=O) groups excluding carboxylic acids is 2. The van der Waals surface area contributed by atoms with Gasteiger partial charge in [-0.2, -0.15) is 0 Å². The van der Waals surface area contributed by atoms with E-state index in [-0.39, 0.29) is 12.4 Å². The Labute approximate surface area is 126 Å². The van der Waals surface area contributed by atoms with Gasteiger partial charge in [-0.25, -0.2) is 4.39 Å². The molecule has 6 heteroatoms. The van der Waals surface area contributed by atoms with Crippen LogP contribution in [0.25, 0.3) is 0 Å². The minimum absolute atomic E-state index is 0.279. The Hall–Kier alpha value is -2.89. The second kappa shape index (κ2) is 7.21. The second-order valence-electron chi connectivity index (χ2n) is 4.38. The van der Waals surface area contributed by atoms with E-state index in [0.717, 1.165) is 0 Å². The number of nitrogens with one attached hydrogen (secondary N) is 1. The first-order valence-electron chi connectivity index (χ1n) is 6.44.